The van der Waals surface area contributed by atoms with E-state index >= 15 is 0 Å². The van der Waals surface area contributed by atoms with Gasteiger partial charge in [-0.3, -0.25) is 0 Å². The Morgan fingerprint density at radius 2 is 0.905 bits per heavy atom. The van der Waals surface area contributed by atoms with Crippen LogP contribution >= 0.6 is 0 Å². The third kappa shape index (κ3) is 4.10. The van der Waals surface area contributed by atoms with Gasteiger partial charge >= 0.3 is 42.3 Å². The second-order valence-electron chi connectivity index (χ2n) is 2.88. The van der Waals surface area contributed by atoms with Crippen LogP contribution in [-0.4, -0.2) is 18.1 Å². The number of halogens is 12. The van der Waals surface area contributed by atoms with Gasteiger partial charge in [-0.15, -0.1) is 0 Å². The van der Waals surface area contributed by atoms with Crippen molar-refractivity contribution < 1.29 is 62.2 Å². The van der Waals surface area contributed by atoms with E-state index in [1.165, 1.54) is 0 Å². The lowest BCUT2D eigenvalue weighted by atomic mass is 10.2. The van der Waals surface area contributed by atoms with Gasteiger partial charge in [0.1, 0.15) is 0 Å². The highest BCUT2D eigenvalue weighted by Crippen LogP contribution is 2.52. The first-order valence-electron chi connectivity index (χ1n) is 4.08. The topological polar surface area (TPSA) is 18.5 Å². The zero-order chi connectivity index (χ0) is 17.2. The summed E-state index contributed by atoms with van der Waals surface area (Å²) in [7, 11) is 0. The van der Waals surface area contributed by atoms with E-state index in [0.717, 1.165) is 0 Å². The fourth-order valence-corrected chi connectivity index (χ4v) is 0.746. The average molecular weight is 344 g/mol. The van der Waals surface area contributed by atoms with E-state index < -0.39 is 42.3 Å². The van der Waals surface area contributed by atoms with Crippen LogP contribution in [0.1, 0.15) is 0 Å². The molecule has 14 heteroatoms. The summed E-state index contributed by atoms with van der Waals surface area (Å²) in [5, 5.41) is 0. The van der Waals surface area contributed by atoms with Gasteiger partial charge in [-0.2, -0.15) is 52.7 Å². The maximum absolute atomic E-state index is 12.0. The molecule has 0 aliphatic carbocycles. The first kappa shape index (κ1) is 19.2. The van der Waals surface area contributed by atoms with Crippen molar-refractivity contribution in [1.82, 2.24) is 0 Å². The normalized spacial score (nSPS) is 17.5. The van der Waals surface area contributed by atoms with Gasteiger partial charge in [0.2, 0.25) is 0 Å². The summed E-state index contributed by atoms with van der Waals surface area (Å²) in [6.45, 7) is 0. The molecule has 1 rings (SSSR count). The lowest BCUT2D eigenvalue weighted by Gasteiger charge is -2.30. The molecule has 21 heavy (non-hydrogen) atoms. The Kier molecular flexibility index (Phi) is 5.43. The molecule has 0 spiro atoms. The summed E-state index contributed by atoms with van der Waals surface area (Å²) in [6, 6.07) is -5.41. The van der Waals surface area contributed by atoms with E-state index in [2.05, 4.69) is 9.47 Å². The summed E-state index contributed by atoms with van der Waals surface area (Å²) < 4.78 is 142. The summed E-state index contributed by atoms with van der Waals surface area (Å²) >= 11 is 0. The van der Waals surface area contributed by atoms with E-state index in [1.54, 1.807) is 0 Å². The second kappa shape index (κ2) is 5.93. The predicted molar refractivity (Wildman–Crippen MR) is 37.7 cm³/mol. The van der Waals surface area contributed by atoms with Gasteiger partial charge in [-0.25, -0.2) is 0 Å². The molecule has 0 saturated heterocycles. The second-order valence-corrected chi connectivity index (χ2v) is 2.88. The highest BCUT2D eigenvalue weighted by Gasteiger charge is 2.80. The van der Waals surface area contributed by atoms with Crippen LogP contribution in [0, 0.1) is 0 Å². The van der Waals surface area contributed by atoms with Crippen molar-refractivity contribution in [2.75, 3.05) is 0 Å². The van der Waals surface area contributed by atoms with E-state index in [9.17, 15) is 52.7 Å². The van der Waals surface area contributed by atoms with Crippen LogP contribution in [0.4, 0.5) is 52.7 Å². The Morgan fingerprint density at radius 3 is 1.00 bits per heavy atom. The van der Waals surface area contributed by atoms with Crippen LogP contribution in [-0.2, 0) is 9.47 Å². The van der Waals surface area contributed by atoms with Gasteiger partial charge in [0.05, 0.1) is 0 Å². The van der Waals surface area contributed by atoms with Crippen molar-refractivity contribution in [3.63, 3.8) is 0 Å². The lowest BCUT2D eigenvalue weighted by Crippen LogP contribution is -2.58. The van der Waals surface area contributed by atoms with Crippen LogP contribution < -0.4 is 0 Å². The monoisotopic (exact) mass is 344 g/mol. The van der Waals surface area contributed by atoms with Crippen molar-refractivity contribution in [3.05, 3.63) is 24.2 Å². The SMILES string of the molecule is FC(F)=C(F)F.FC1=C(F)OC(C(F)(F)F)(C(F)(F)F)O1. The van der Waals surface area contributed by atoms with Crippen molar-refractivity contribution in [2.45, 2.75) is 18.1 Å². The summed E-state index contributed by atoms with van der Waals surface area (Å²) in [5.41, 5.74) is 0. The van der Waals surface area contributed by atoms with Crippen LogP contribution in [0.2, 0.25) is 0 Å². The smallest absolute Gasteiger partial charge is 0.408 e. The minimum absolute atomic E-state index is 2.70. The molecule has 0 aromatic rings. The van der Waals surface area contributed by atoms with Gasteiger partial charge in [0.25, 0.3) is 0 Å². The van der Waals surface area contributed by atoms with Gasteiger partial charge in [0, 0.05) is 0 Å². The molecule has 1 heterocycles. The van der Waals surface area contributed by atoms with Crippen LogP contribution in [0.25, 0.3) is 0 Å². The highest BCUT2D eigenvalue weighted by molar-refractivity contribution is 5.02. The molecular weight excluding hydrogens is 344 g/mol. The molecule has 0 saturated carbocycles. The summed E-state index contributed by atoms with van der Waals surface area (Å²) in [5.74, 6) is -5.31. The molecule has 0 atom stereocenters. The Hall–Kier alpha value is -1.76. The average Bonchev–Trinajstić information content (AvgIpc) is 2.55. The van der Waals surface area contributed by atoms with Gasteiger partial charge in [-0.1, -0.05) is 0 Å². The third-order valence-electron chi connectivity index (χ3n) is 1.51. The molecule has 1 aliphatic heterocycles. The molecule has 0 aromatic carbocycles. The standard InChI is InChI=1S/C5F8O2.C2F4/c6-1-2(7)15-3(14-1,4(8,9)10)5(11,12)13;3-1(4)2(5)6. The fourth-order valence-electron chi connectivity index (χ4n) is 0.746. The number of hydrogen-bond acceptors (Lipinski definition) is 2. The van der Waals surface area contributed by atoms with Crippen molar-refractivity contribution in [2.24, 2.45) is 0 Å². The predicted octanol–water partition coefficient (Wildman–Crippen LogP) is 4.91. The number of hydrogen-bond donors (Lipinski definition) is 0. The molecule has 0 N–H and O–H groups in total. The number of rotatable bonds is 0. The van der Waals surface area contributed by atoms with Crippen molar-refractivity contribution in [1.29, 1.82) is 0 Å². The van der Waals surface area contributed by atoms with Gasteiger partial charge < -0.3 is 9.47 Å². The molecule has 0 amide bonds. The van der Waals surface area contributed by atoms with Gasteiger partial charge in [-0.05, 0) is 0 Å². The Balaban J connectivity index is 0.000000567. The van der Waals surface area contributed by atoms with E-state index in [0.29, 0.717) is 0 Å². The zero-order valence-corrected chi connectivity index (χ0v) is 8.85. The molecule has 0 bridgehead atoms. The van der Waals surface area contributed by atoms with E-state index in [1.807, 2.05) is 0 Å². The summed E-state index contributed by atoms with van der Waals surface area (Å²) in [6.07, 6.45) is -18.2. The fraction of sp³-hybridized carbons (Fsp3) is 0.429. The molecule has 0 radical (unpaired) electrons. The third-order valence-corrected chi connectivity index (χ3v) is 1.51. The number of ether oxygens (including phenoxy) is 2. The molecule has 0 aromatic heterocycles. The van der Waals surface area contributed by atoms with Crippen molar-refractivity contribution >= 4 is 0 Å². The molecule has 0 unspecified atom stereocenters. The Labute approximate surface area is 106 Å². The van der Waals surface area contributed by atoms with E-state index in [4.69, 9.17) is 0 Å². The number of alkyl halides is 6. The van der Waals surface area contributed by atoms with Crippen LogP contribution in [0.5, 0.6) is 0 Å². The van der Waals surface area contributed by atoms with Crippen LogP contribution in [0.15, 0.2) is 24.2 Å². The quantitative estimate of drug-likeness (QED) is 0.582. The Morgan fingerprint density at radius 1 is 0.667 bits per heavy atom. The molecule has 0 fully saturated rings. The first-order valence-corrected chi connectivity index (χ1v) is 4.08. The lowest BCUT2D eigenvalue weighted by molar-refractivity contribution is -0.442. The summed E-state index contributed by atoms with van der Waals surface area (Å²) in [4.78, 5) is 0. The largest absolute Gasteiger partial charge is 0.478 e. The minimum Gasteiger partial charge on any atom is -0.408 e. The zero-order valence-electron chi connectivity index (χ0n) is 8.85. The molecular formula is C7F12O2. The van der Waals surface area contributed by atoms with Crippen LogP contribution in [0.3, 0.4) is 0 Å². The van der Waals surface area contributed by atoms with Gasteiger partial charge in [0.15, 0.2) is 0 Å². The highest BCUT2D eigenvalue weighted by atomic mass is 19.4. The Bertz CT molecular complexity index is 396. The maximum Gasteiger partial charge on any atom is 0.478 e. The van der Waals surface area contributed by atoms with Crippen molar-refractivity contribution in [3.8, 4) is 0 Å². The first-order chi connectivity index (χ1) is 9.15. The maximum atomic E-state index is 12.0. The molecule has 1 aliphatic rings. The molecule has 124 valence electrons. The minimum atomic E-state index is -6.17. The molecule has 2 nitrogen and oxygen atoms in total. The van der Waals surface area contributed by atoms with E-state index in [-0.39, 0.29) is 0 Å².